The number of ether oxygens (including phenoxy) is 1. The van der Waals surface area contributed by atoms with Crippen molar-refractivity contribution in [3.8, 4) is 5.75 Å². The molecule has 2 nitrogen and oxygen atoms in total. The van der Waals surface area contributed by atoms with Gasteiger partial charge in [-0.1, -0.05) is 28.8 Å². The van der Waals surface area contributed by atoms with Crippen LogP contribution in [0.25, 0.3) is 0 Å². The summed E-state index contributed by atoms with van der Waals surface area (Å²) in [5, 5.41) is 0. The Balaban J connectivity index is 1.88. The number of benzene rings is 1. The van der Waals surface area contributed by atoms with Crippen LogP contribution in [0.3, 0.4) is 0 Å². The van der Waals surface area contributed by atoms with Crippen LogP contribution in [0.4, 0.5) is 5.69 Å². The quantitative estimate of drug-likeness (QED) is 0.781. The Labute approximate surface area is 111 Å². The molecule has 0 aromatic heterocycles. The molecule has 0 spiro atoms. The van der Waals surface area contributed by atoms with Crippen LogP contribution in [-0.2, 0) is 0 Å². The largest absolute Gasteiger partial charge is 0.489 e. The Kier molecular flexibility index (Phi) is 3.03. The van der Waals surface area contributed by atoms with Crippen LogP contribution >= 0.6 is 15.9 Å². The summed E-state index contributed by atoms with van der Waals surface area (Å²) in [6.07, 6.45) is 5.50. The summed E-state index contributed by atoms with van der Waals surface area (Å²) < 4.78 is 7.04. The van der Waals surface area contributed by atoms with Crippen molar-refractivity contribution in [3.05, 3.63) is 22.7 Å². The summed E-state index contributed by atoms with van der Waals surface area (Å²) >= 11 is 3.54. The Morgan fingerprint density at radius 2 is 2.06 bits per heavy atom. The van der Waals surface area contributed by atoms with Gasteiger partial charge in [0, 0.05) is 11.5 Å². The van der Waals surface area contributed by atoms with E-state index in [-0.39, 0.29) is 0 Å². The minimum atomic E-state index is 0.555. The summed E-state index contributed by atoms with van der Waals surface area (Å²) in [7, 11) is 2.21. The molecule has 17 heavy (non-hydrogen) atoms. The number of fused-ring (bicyclic) bond motifs is 1. The molecule has 1 fully saturated rings. The molecule has 3 heteroatoms. The Morgan fingerprint density at radius 3 is 2.82 bits per heavy atom. The highest BCUT2D eigenvalue weighted by molar-refractivity contribution is 9.10. The third-order valence-corrected chi connectivity index (χ3v) is 4.65. The molecule has 1 aliphatic carbocycles. The van der Waals surface area contributed by atoms with Gasteiger partial charge in [-0.2, -0.15) is 0 Å². The maximum atomic E-state index is 5.91. The van der Waals surface area contributed by atoms with Crippen LogP contribution in [-0.4, -0.2) is 19.7 Å². The zero-order valence-electron chi connectivity index (χ0n) is 10.2. The van der Waals surface area contributed by atoms with Crippen LogP contribution in [0.1, 0.15) is 25.7 Å². The van der Waals surface area contributed by atoms with Gasteiger partial charge in [0.05, 0.1) is 11.7 Å². The second kappa shape index (κ2) is 4.52. The molecule has 0 N–H and O–H groups in total. The lowest BCUT2D eigenvalue weighted by Gasteiger charge is -2.39. The highest BCUT2D eigenvalue weighted by atomic mass is 79.9. The number of nitrogens with zero attached hydrogens (tertiary/aromatic N) is 1. The summed E-state index contributed by atoms with van der Waals surface area (Å²) in [6.45, 7) is 0.843. The normalized spacial score (nSPS) is 24.6. The summed E-state index contributed by atoms with van der Waals surface area (Å²) in [5.74, 6) is 1.83. The van der Waals surface area contributed by atoms with Gasteiger partial charge in [0.25, 0.3) is 0 Å². The Bertz CT molecular complexity index is 415. The zero-order valence-corrected chi connectivity index (χ0v) is 11.7. The van der Waals surface area contributed by atoms with E-state index < -0.39 is 0 Å². The first-order valence-electron chi connectivity index (χ1n) is 6.41. The van der Waals surface area contributed by atoms with Crippen molar-refractivity contribution >= 4 is 21.6 Å². The molecule has 1 saturated carbocycles. The van der Waals surface area contributed by atoms with E-state index in [1.807, 2.05) is 6.07 Å². The van der Waals surface area contributed by atoms with E-state index in [1.165, 1.54) is 31.4 Å². The van der Waals surface area contributed by atoms with Gasteiger partial charge >= 0.3 is 0 Å². The van der Waals surface area contributed by atoms with Crippen molar-refractivity contribution in [2.75, 3.05) is 18.6 Å². The Hall–Kier alpha value is -0.700. The van der Waals surface area contributed by atoms with Crippen molar-refractivity contribution in [2.45, 2.75) is 31.7 Å². The molecule has 1 unspecified atom stereocenters. The molecule has 2 aliphatic rings. The minimum absolute atomic E-state index is 0.555. The molecular formula is C14H18BrNO. The molecule has 92 valence electrons. The van der Waals surface area contributed by atoms with Crippen LogP contribution < -0.4 is 9.64 Å². The smallest absolute Gasteiger partial charge is 0.142 e. The molecule has 1 aliphatic heterocycles. The van der Waals surface area contributed by atoms with E-state index in [0.29, 0.717) is 6.04 Å². The molecule has 0 bridgehead atoms. The van der Waals surface area contributed by atoms with Gasteiger partial charge in [-0.05, 0) is 37.0 Å². The predicted octanol–water partition coefficient (Wildman–Crippen LogP) is 3.84. The number of likely N-dealkylation sites (N-methyl/N-ethyl adjacent to an activating group) is 1. The fraction of sp³-hybridized carbons (Fsp3) is 0.571. The van der Waals surface area contributed by atoms with Crippen molar-refractivity contribution in [3.63, 3.8) is 0 Å². The van der Waals surface area contributed by atoms with Crippen molar-refractivity contribution < 1.29 is 4.74 Å². The van der Waals surface area contributed by atoms with E-state index >= 15 is 0 Å². The minimum Gasteiger partial charge on any atom is -0.489 e. The lowest BCUT2D eigenvalue weighted by Crippen LogP contribution is -2.44. The van der Waals surface area contributed by atoms with Gasteiger partial charge in [-0.15, -0.1) is 0 Å². The first kappa shape index (κ1) is 11.4. The van der Waals surface area contributed by atoms with Gasteiger partial charge in [-0.25, -0.2) is 0 Å². The molecule has 1 atom stereocenters. The summed E-state index contributed by atoms with van der Waals surface area (Å²) in [5.41, 5.74) is 1.22. The summed E-state index contributed by atoms with van der Waals surface area (Å²) in [6, 6.07) is 6.82. The van der Waals surface area contributed by atoms with Gasteiger partial charge < -0.3 is 9.64 Å². The molecule has 0 saturated heterocycles. The van der Waals surface area contributed by atoms with Crippen LogP contribution in [0, 0.1) is 5.92 Å². The number of halogens is 1. The maximum absolute atomic E-state index is 5.91. The van der Waals surface area contributed by atoms with Gasteiger partial charge in [0.1, 0.15) is 12.4 Å². The van der Waals surface area contributed by atoms with E-state index in [2.05, 4.69) is 40.0 Å². The molecule has 1 aromatic carbocycles. The fourth-order valence-electron chi connectivity index (χ4n) is 3.15. The van der Waals surface area contributed by atoms with E-state index in [1.54, 1.807) is 0 Å². The highest BCUT2D eigenvalue weighted by Crippen LogP contribution is 2.40. The van der Waals surface area contributed by atoms with Gasteiger partial charge in [-0.3, -0.25) is 0 Å². The summed E-state index contributed by atoms with van der Waals surface area (Å²) in [4.78, 5) is 2.42. The molecule has 1 heterocycles. The SMILES string of the molecule is CN1c2cc(Br)ccc2OCC1C1CCCC1. The predicted molar refractivity (Wildman–Crippen MR) is 73.8 cm³/mol. The lowest BCUT2D eigenvalue weighted by molar-refractivity contribution is 0.225. The second-order valence-corrected chi connectivity index (χ2v) is 6.06. The number of hydrogen-bond acceptors (Lipinski definition) is 2. The van der Waals surface area contributed by atoms with Gasteiger partial charge in [0.15, 0.2) is 0 Å². The average Bonchev–Trinajstić information content (AvgIpc) is 2.84. The van der Waals surface area contributed by atoms with Crippen molar-refractivity contribution in [2.24, 2.45) is 5.92 Å². The van der Waals surface area contributed by atoms with Crippen LogP contribution in [0.5, 0.6) is 5.75 Å². The molecule has 0 radical (unpaired) electrons. The van der Waals surface area contributed by atoms with E-state index in [0.717, 1.165) is 22.7 Å². The average molecular weight is 296 g/mol. The highest BCUT2D eigenvalue weighted by Gasteiger charge is 2.32. The molecule has 1 aromatic rings. The fourth-order valence-corrected chi connectivity index (χ4v) is 3.50. The monoisotopic (exact) mass is 295 g/mol. The van der Waals surface area contributed by atoms with Crippen LogP contribution in [0.15, 0.2) is 22.7 Å². The topological polar surface area (TPSA) is 12.5 Å². The number of hydrogen-bond donors (Lipinski definition) is 0. The molecule has 3 rings (SSSR count). The third kappa shape index (κ3) is 2.05. The van der Waals surface area contributed by atoms with Crippen LogP contribution in [0.2, 0.25) is 0 Å². The van der Waals surface area contributed by atoms with Gasteiger partial charge in [0.2, 0.25) is 0 Å². The van der Waals surface area contributed by atoms with E-state index in [9.17, 15) is 0 Å². The Morgan fingerprint density at radius 1 is 1.29 bits per heavy atom. The maximum Gasteiger partial charge on any atom is 0.142 e. The standard InChI is InChI=1S/C14H18BrNO/c1-16-12-8-11(15)6-7-14(12)17-9-13(16)10-4-2-3-5-10/h6-8,10,13H,2-5,9H2,1H3. The first-order chi connectivity index (χ1) is 8.25. The third-order valence-electron chi connectivity index (χ3n) is 4.15. The second-order valence-electron chi connectivity index (χ2n) is 5.15. The van der Waals surface area contributed by atoms with Crippen molar-refractivity contribution in [1.82, 2.24) is 0 Å². The molecule has 0 amide bonds. The number of anilines is 1. The van der Waals surface area contributed by atoms with Crippen molar-refractivity contribution in [1.29, 1.82) is 0 Å². The van der Waals surface area contributed by atoms with E-state index in [4.69, 9.17) is 4.74 Å². The zero-order chi connectivity index (χ0) is 11.8. The first-order valence-corrected chi connectivity index (χ1v) is 7.20. The number of rotatable bonds is 1. The molecular weight excluding hydrogens is 278 g/mol. The lowest BCUT2D eigenvalue weighted by atomic mass is 9.96.